The van der Waals surface area contributed by atoms with Crippen molar-refractivity contribution in [1.29, 1.82) is 0 Å². The van der Waals surface area contributed by atoms with E-state index in [1.807, 2.05) is 24.3 Å². The van der Waals surface area contributed by atoms with Crippen molar-refractivity contribution in [3.8, 4) is 0 Å². The van der Waals surface area contributed by atoms with Crippen LogP contribution < -0.4 is 10.2 Å². The van der Waals surface area contributed by atoms with Crippen molar-refractivity contribution in [2.75, 3.05) is 19.0 Å². The number of anilines is 1. The molecule has 1 aromatic heterocycles. The van der Waals surface area contributed by atoms with Crippen molar-refractivity contribution >= 4 is 17.7 Å². The summed E-state index contributed by atoms with van der Waals surface area (Å²) in [4.78, 5) is 25.3. The molecule has 1 amide bonds. The number of carbonyl (C=O) groups excluding carboxylic acids is 2. The smallest absolute Gasteiger partial charge is 0.365 e. The zero-order valence-electron chi connectivity index (χ0n) is 13.7. The van der Waals surface area contributed by atoms with E-state index in [9.17, 15) is 9.59 Å². The van der Waals surface area contributed by atoms with E-state index in [1.54, 1.807) is 13.0 Å². The Morgan fingerprint density at radius 1 is 1.38 bits per heavy atom. The Bertz CT molecular complexity index is 756. The number of quaternary nitrogens is 1. The zero-order chi connectivity index (χ0) is 17.1. The highest BCUT2D eigenvalue weighted by atomic mass is 16.5. The van der Waals surface area contributed by atoms with E-state index in [4.69, 9.17) is 9.26 Å². The molecule has 0 radical (unpaired) electrons. The van der Waals surface area contributed by atoms with Gasteiger partial charge in [-0.05, 0) is 12.5 Å². The third-order valence-corrected chi connectivity index (χ3v) is 4.22. The molecule has 0 bridgehead atoms. The highest BCUT2D eigenvalue weighted by Crippen LogP contribution is 2.14. The fourth-order valence-corrected chi connectivity index (χ4v) is 3.06. The largest absolute Gasteiger partial charge is 0.465 e. The fraction of sp³-hybridized carbons (Fsp3) is 0.353. The summed E-state index contributed by atoms with van der Waals surface area (Å²) in [6.07, 6.45) is 0.564. The van der Waals surface area contributed by atoms with Crippen LogP contribution in [-0.4, -0.2) is 36.7 Å². The third-order valence-electron chi connectivity index (χ3n) is 4.22. The number of carbonyl (C=O) groups is 2. The summed E-state index contributed by atoms with van der Waals surface area (Å²) in [5.74, 6) is 0.483. The van der Waals surface area contributed by atoms with Gasteiger partial charge in [-0.1, -0.05) is 29.4 Å². The molecule has 0 spiro atoms. The SMILES string of the molecule is COC(=O)[C@@H]1Cc2ccccc2C[NH+]1CC(=O)Nc1cc(C)on1. The predicted molar refractivity (Wildman–Crippen MR) is 85.4 cm³/mol. The van der Waals surface area contributed by atoms with Gasteiger partial charge in [-0.3, -0.25) is 4.79 Å². The number of rotatable bonds is 4. The van der Waals surface area contributed by atoms with Crippen molar-refractivity contribution in [3.05, 3.63) is 47.2 Å². The van der Waals surface area contributed by atoms with Crippen LogP contribution in [0.3, 0.4) is 0 Å². The Hall–Kier alpha value is -2.67. The van der Waals surface area contributed by atoms with Gasteiger partial charge in [0.2, 0.25) is 0 Å². The second kappa shape index (κ2) is 6.84. The lowest BCUT2D eigenvalue weighted by atomic mass is 9.94. The maximum absolute atomic E-state index is 12.3. The molecule has 2 aromatic rings. The van der Waals surface area contributed by atoms with Crippen molar-refractivity contribution in [1.82, 2.24) is 5.16 Å². The molecule has 2 atom stereocenters. The summed E-state index contributed by atoms with van der Waals surface area (Å²) in [7, 11) is 1.37. The van der Waals surface area contributed by atoms with Crippen LogP contribution in [0, 0.1) is 6.92 Å². The third kappa shape index (κ3) is 3.46. The summed E-state index contributed by atoms with van der Waals surface area (Å²) >= 11 is 0. The number of nitrogens with one attached hydrogen (secondary N) is 2. The highest BCUT2D eigenvalue weighted by Gasteiger charge is 2.37. The molecule has 7 heteroatoms. The van der Waals surface area contributed by atoms with Gasteiger partial charge in [-0.2, -0.15) is 0 Å². The monoisotopic (exact) mass is 330 g/mol. The van der Waals surface area contributed by atoms with Crippen LogP contribution in [0.1, 0.15) is 16.9 Å². The molecule has 0 saturated carbocycles. The lowest BCUT2D eigenvalue weighted by Gasteiger charge is -2.31. The Balaban J connectivity index is 1.74. The van der Waals surface area contributed by atoms with Crippen LogP contribution in [0.2, 0.25) is 0 Å². The maximum Gasteiger partial charge on any atom is 0.365 e. The van der Waals surface area contributed by atoms with Gasteiger partial charge in [-0.15, -0.1) is 0 Å². The number of amides is 1. The number of fused-ring (bicyclic) bond motifs is 1. The Morgan fingerprint density at radius 2 is 2.12 bits per heavy atom. The van der Waals surface area contributed by atoms with E-state index >= 15 is 0 Å². The van der Waals surface area contributed by atoms with Crippen LogP contribution in [0.4, 0.5) is 5.82 Å². The second-order valence-corrected chi connectivity index (χ2v) is 5.93. The summed E-state index contributed by atoms with van der Waals surface area (Å²) in [5, 5.41) is 6.44. The van der Waals surface area contributed by atoms with E-state index in [0.717, 1.165) is 16.0 Å². The summed E-state index contributed by atoms with van der Waals surface area (Å²) in [5.41, 5.74) is 2.28. The van der Waals surface area contributed by atoms with Crippen LogP contribution >= 0.6 is 0 Å². The molecule has 1 unspecified atom stereocenters. The molecule has 2 heterocycles. The predicted octanol–water partition coefficient (Wildman–Crippen LogP) is 0.104. The summed E-state index contributed by atoms with van der Waals surface area (Å²) in [6.45, 7) is 2.50. The minimum Gasteiger partial charge on any atom is -0.465 e. The van der Waals surface area contributed by atoms with Gasteiger partial charge < -0.3 is 19.5 Å². The molecule has 1 aliphatic heterocycles. The molecule has 0 saturated heterocycles. The first kappa shape index (κ1) is 16.2. The number of hydrogen-bond acceptors (Lipinski definition) is 5. The number of nitrogens with zero attached hydrogens (tertiary/aromatic N) is 1. The van der Waals surface area contributed by atoms with Gasteiger partial charge in [0.1, 0.15) is 12.3 Å². The minimum atomic E-state index is -0.394. The lowest BCUT2D eigenvalue weighted by Crippen LogP contribution is -3.17. The first-order valence-electron chi connectivity index (χ1n) is 7.79. The van der Waals surface area contributed by atoms with Gasteiger partial charge >= 0.3 is 5.97 Å². The number of methoxy groups -OCH3 is 1. The van der Waals surface area contributed by atoms with E-state index in [1.165, 1.54) is 7.11 Å². The number of hydrogen-bond donors (Lipinski definition) is 2. The fourth-order valence-electron chi connectivity index (χ4n) is 3.06. The lowest BCUT2D eigenvalue weighted by molar-refractivity contribution is -0.924. The number of aromatic nitrogens is 1. The number of esters is 1. The van der Waals surface area contributed by atoms with Crippen LogP contribution in [-0.2, 0) is 27.3 Å². The highest BCUT2D eigenvalue weighted by molar-refractivity contribution is 5.90. The van der Waals surface area contributed by atoms with Crippen molar-refractivity contribution in [3.63, 3.8) is 0 Å². The average molecular weight is 330 g/mol. The first-order chi connectivity index (χ1) is 11.6. The maximum atomic E-state index is 12.3. The molecule has 1 aliphatic rings. The number of aryl methyl sites for hydroxylation is 1. The summed E-state index contributed by atoms with van der Waals surface area (Å²) < 4.78 is 9.85. The molecule has 3 rings (SSSR count). The second-order valence-electron chi connectivity index (χ2n) is 5.93. The Kier molecular flexibility index (Phi) is 4.61. The van der Waals surface area contributed by atoms with Crippen LogP contribution in [0.15, 0.2) is 34.9 Å². The molecular formula is C17H20N3O4+. The zero-order valence-corrected chi connectivity index (χ0v) is 13.7. The molecule has 7 nitrogen and oxygen atoms in total. The van der Waals surface area contributed by atoms with Crippen molar-refractivity contribution < 1.29 is 23.7 Å². The number of benzene rings is 1. The summed E-state index contributed by atoms with van der Waals surface area (Å²) in [6, 6.07) is 9.22. The van der Waals surface area contributed by atoms with Crippen LogP contribution in [0.5, 0.6) is 0 Å². The number of ether oxygens (including phenoxy) is 1. The Labute approximate surface area is 139 Å². The molecule has 2 N–H and O–H groups in total. The van der Waals surface area contributed by atoms with Gasteiger partial charge in [0.15, 0.2) is 18.4 Å². The van der Waals surface area contributed by atoms with Crippen molar-refractivity contribution in [2.24, 2.45) is 0 Å². The average Bonchev–Trinajstić information content (AvgIpc) is 2.98. The van der Waals surface area contributed by atoms with Gasteiger partial charge in [0.25, 0.3) is 5.91 Å². The topological polar surface area (TPSA) is 85.9 Å². The Morgan fingerprint density at radius 3 is 2.79 bits per heavy atom. The molecular weight excluding hydrogens is 310 g/mol. The molecule has 24 heavy (non-hydrogen) atoms. The minimum absolute atomic E-state index is 0.153. The van der Waals surface area contributed by atoms with E-state index < -0.39 is 6.04 Å². The van der Waals surface area contributed by atoms with Crippen LogP contribution in [0.25, 0.3) is 0 Å². The molecule has 126 valence electrons. The van der Waals surface area contributed by atoms with Gasteiger partial charge in [0, 0.05) is 18.1 Å². The molecule has 1 aromatic carbocycles. The van der Waals surface area contributed by atoms with Gasteiger partial charge in [0.05, 0.1) is 7.11 Å². The quantitative estimate of drug-likeness (QED) is 0.777. The van der Waals surface area contributed by atoms with Crippen molar-refractivity contribution in [2.45, 2.75) is 25.9 Å². The first-order valence-corrected chi connectivity index (χ1v) is 7.79. The molecule has 0 fully saturated rings. The van der Waals surface area contributed by atoms with Gasteiger partial charge in [-0.25, -0.2) is 4.79 Å². The van der Waals surface area contributed by atoms with E-state index in [0.29, 0.717) is 24.5 Å². The molecule has 0 aliphatic carbocycles. The van der Waals surface area contributed by atoms with E-state index in [-0.39, 0.29) is 18.4 Å². The standard InChI is InChI=1S/C17H19N3O4/c1-11-7-15(19-24-11)18-16(21)10-20-9-13-6-4-3-5-12(13)8-14(20)17(22)23-2/h3-7,14H,8-10H2,1-2H3,(H,18,19,21)/p+1/t14-/m0/s1. The normalized spacial score (nSPS) is 19.4. The van der Waals surface area contributed by atoms with E-state index in [2.05, 4.69) is 10.5 Å².